The van der Waals surface area contributed by atoms with Crippen molar-refractivity contribution in [1.29, 1.82) is 0 Å². The van der Waals surface area contributed by atoms with Crippen molar-refractivity contribution >= 4 is 21.9 Å². The van der Waals surface area contributed by atoms with Crippen LogP contribution in [0.1, 0.15) is 19.8 Å². The fourth-order valence-corrected chi connectivity index (χ4v) is 4.38. The van der Waals surface area contributed by atoms with Gasteiger partial charge in [-0.1, -0.05) is 0 Å². The Hall–Kier alpha value is -2.13. The molecule has 9 heteroatoms. The van der Waals surface area contributed by atoms with Gasteiger partial charge in [0.25, 0.3) is 0 Å². The number of rotatable bonds is 6. The molecule has 1 atom stereocenters. The van der Waals surface area contributed by atoms with Crippen molar-refractivity contribution in [3.63, 3.8) is 0 Å². The van der Waals surface area contributed by atoms with Gasteiger partial charge in [-0.15, -0.1) is 0 Å². The Morgan fingerprint density at radius 3 is 2.56 bits per heavy atom. The zero-order chi connectivity index (χ0) is 18.4. The van der Waals surface area contributed by atoms with E-state index >= 15 is 0 Å². The lowest BCUT2D eigenvalue weighted by Gasteiger charge is -2.24. The second-order valence-corrected chi connectivity index (χ2v) is 7.41. The monoisotopic (exact) mass is 370 g/mol. The molecule has 1 saturated heterocycles. The number of nitrogens with zero attached hydrogens (tertiary/aromatic N) is 1. The van der Waals surface area contributed by atoms with Gasteiger partial charge in [0.15, 0.2) is 0 Å². The van der Waals surface area contributed by atoms with E-state index in [4.69, 9.17) is 4.74 Å². The predicted molar refractivity (Wildman–Crippen MR) is 89.6 cm³/mol. The lowest BCUT2D eigenvalue weighted by Crippen LogP contribution is -2.44. The number of hydrogen-bond acceptors (Lipinski definition) is 6. The Balaban J connectivity index is 2.06. The van der Waals surface area contributed by atoms with E-state index in [1.165, 1.54) is 23.5 Å². The first-order chi connectivity index (χ1) is 11.9. The number of hydrogen-bond donors (Lipinski definition) is 1. The van der Waals surface area contributed by atoms with Gasteiger partial charge in [-0.05, 0) is 44.0 Å². The van der Waals surface area contributed by atoms with Gasteiger partial charge in [-0.3, -0.25) is 4.79 Å². The van der Waals surface area contributed by atoms with Gasteiger partial charge >= 0.3 is 11.9 Å². The highest BCUT2D eigenvalue weighted by atomic mass is 32.2. The first-order valence-electron chi connectivity index (χ1n) is 8.01. The van der Waals surface area contributed by atoms with Gasteiger partial charge in [0.1, 0.15) is 5.75 Å². The average Bonchev–Trinajstić information content (AvgIpc) is 3.09. The van der Waals surface area contributed by atoms with Crippen LogP contribution in [0.5, 0.6) is 5.75 Å². The van der Waals surface area contributed by atoms with Crippen LogP contribution in [0.25, 0.3) is 0 Å². The molecule has 0 aromatic heterocycles. The molecule has 0 radical (unpaired) electrons. The van der Waals surface area contributed by atoms with Crippen molar-refractivity contribution < 1.29 is 27.5 Å². The topological polar surface area (TPSA) is 102 Å². The molecule has 0 aliphatic carbocycles. The minimum Gasteiger partial charge on any atom is -0.497 e. The number of esters is 1. The summed E-state index contributed by atoms with van der Waals surface area (Å²) in [7, 11) is -2.17. The Bertz CT molecular complexity index is 717. The quantitative estimate of drug-likeness (QED) is 0.579. The highest BCUT2D eigenvalue weighted by molar-refractivity contribution is 7.89. The van der Waals surface area contributed by atoms with Crippen LogP contribution >= 0.6 is 0 Å². The molecular weight excluding hydrogens is 348 g/mol. The Labute approximate surface area is 147 Å². The van der Waals surface area contributed by atoms with Crippen molar-refractivity contribution in [1.82, 2.24) is 9.62 Å². The molecule has 0 spiro atoms. The number of carbonyl (C=O) groups excluding carboxylic acids is 2. The second kappa shape index (κ2) is 8.30. The molecule has 1 aliphatic heterocycles. The zero-order valence-electron chi connectivity index (χ0n) is 14.2. The molecule has 8 nitrogen and oxygen atoms in total. The summed E-state index contributed by atoms with van der Waals surface area (Å²) < 4.78 is 36.6. The van der Waals surface area contributed by atoms with Gasteiger partial charge in [0, 0.05) is 19.1 Å². The highest BCUT2D eigenvalue weighted by Gasteiger charge is 2.35. The number of sulfonamides is 1. The lowest BCUT2D eigenvalue weighted by atomic mass is 10.2. The van der Waals surface area contributed by atoms with Crippen LogP contribution in [0.15, 0.2) is 29.2 Å². The SMILES string of the molecule is CCOC(=O)C(=O)NC[C@@H]1CCCN1S(=O)(=O)c1ccc(OC)cc1. The van der Waals surface area contributed by atoms with Crippen LogP contribution in [0.3, 0.4) is 0 Å². The number of carbonyl (C=O) groups is 2. The summed E-state index contributed by atoms with van der Waals surface area (Å²) >= 11 is 0. The number of amides is 1. The lowest BCUT2D eigenvalue weighted by molar-refractivity contribution is -0.154. The molecule has 1 N–H and O–H groups in total. The van der Waals surface area contributed by atoms with E-state index in [0.717, 1.165) is 0 Å². The fourth-order valence-electron chi connectivity index (χ4n) is 2.69. The summed E-state index contributed by atoms with van der Waals surface area (Å²) in [5.41, 5.74) is 0. The number of ether oxygens (including phenoxy) is 2. The molecule has 1 amide bonds. The predicted octanol–water partition coefficient (Wildman–Crippen LogP) is 0.528. The zero-order valence-corrected chi connectivity index (χ0v) is 15.0. The minimum absolute atomic E-state index is 0.0625. The average molecular weight is 370 g/mol. The molecule has 0 bridgehead atoms. The van der Waals surface area contributed by atoms with Gasteiger partial charge in [0.05, 0.1) is 18.6 Å². The van der Waals surface area contributed by atoms with Gasteiger partial charge < -0.3 is 14.8 Å². The van der Waals surface area contributed by atoms with E-state index in [1.54, 1.807) is 19.1 Å². The molecule has 2 rings (SSSR count). The molecule has 1 fully saturated rings. The minimum atomic E-state index is -3.68. The largest absolute Gasteiger partial charge is 0.497 e. The number of benzene rings is 1. The molecule has 1 aromatic carbocycles. The molecule has 1 aromatic rings. The fraction of sp³-hybridized carbons (Fsp3) is 0.500. The third-order valence-corrected chi connectivity index (χ3v) is 5.91. The van der Waals surface area contributed by atoms with E-state index < -0.39 is 27.9 Å². The van der Waals surface area contributed by atoms with Crippen LogP contribution in [0.2, 0.25) is 0 Å². The summed E-state index contributed by atoms with van der Waals surface area (Å²) in [6.07, 6.45) is 1.30. The highest BCUT2D eigenvalue weighted by Crippen LogP contribution is 2.26. The summed E-state index contributed by atoms with van der Waals surface area (Å²) in [4.78, 5) is 23.1. The first kappa shape index (κ1) is 19.2. The third-order valence-electron chi connectivity index (χ3n) is 3.95. The summed E-state index contributed by atoms with van der Waals surface area (Å²) in [6, 6.07) is 5.74. The molecule has 0 unspecified atom stereocenters. The smallest absolute Gasteiger partial charge is 0.396 e. The van der Waals surface area contributed by atoms with Crippen molar-refractivity contribution in [2.75, 3.05) is 26.8 Å². The summed E-state index contributed by atoms with van der Waals surface area (Å²) in [6.45, 7) is 2.14. The maximum absolute atomic E-state index is 12.8. The van der Waals surface area contributed by atoms with E-state index in [2.05, 4.69) is 10.1 Å². The maximum Gasteiger partial charge on any atom is 0.396 e. The maximum atomic E-state index is 12.8. The second-order valence-electron chi connectivity index (χ2n) is 5.52. The molecule has 138 valence electrons. The van der Waals surface area contributed by atoms with Crippen LogP contribution < -0.4 is 10.1 Å². The summed E-state index contributed by atoms with van der Waals surface area (Å²) in [5.74, 6) is -1.26. The Morgan fingerprint density at radius 2 is 1.96 bits per heavy atom. The first-order valence-corrected chi connectivity index (χ1v) is 9.45. The van der Waals surface area contributed by atoms with Crippen molar-refractivity contribution in [2.24, 2.45) is 0 Å². The molecule has 1 heterocycles. The number of methoxy groups -OCH3 is 1. The van der Waals surface area contributed by atoms with Crippen LogP contribution in [0, 0.1) is 0 Å². The van der Waals surface area contributed by atoms with Gasteiger partial charge in [-0.2, -0.15) is 4.31 Å². The number of nitrogens with one attached hydrogen (secondary N) is 1. The van der Waals surface area contributed by atoms with Gasteiger partial charge in [-0.25, -0.2) is 13.2 Å². The molecule has 0 saturated carbocycles. The third kappa shape index (κ3) is 4.49. The normalized spacial score (nSPS) is 17.9. The van der Waals surface area contributed by atoms with Crippen molar-refractivity contribution in [3.05, 3.63) is 24.3 Å². The van der Waals surface area contributed by atoms with E-state index in [1.807, 2.05) is 0 Å². The Kier molecular flexibility index (Phi) is 6.38. The molecule has 25 heavy (non-hydrogen) atoms. The van der Waals surface area contributed by atoms with E-state index in [0.29, 0.717) is 25.1 Å². The van der Waals surface area contributed by atoms with Crippen LogP contribution in [0.4, 0.5) is 0 Å². The molecular formula is C16H22N2O6S. The van der Waals surface area contributed by atoms with E-state index in [9.17, 15) is 18.0 Å². The molecule has 1 aliphatic rings. The van der Waals surface area contributed by atoms with Crippen LogP contribution in [-0.2, 0) is 24.3 Å². The van der Waals surface area contributed by atoms with Crippen LogP contribution in [-0.4, -0.2) is 57.4 Å². The standard InChI is InChI=1S/C16H22N2O6S/c1-3-24-16(20)15(19)17-11-12-5-4-10-18(12)25(21,22)14-8-6-13(23-2)7-9-14/h6-9,12H,3-5,10-11H2,1-2H3,(H,17,19)/t12-/m0/s1. The Morgan fingerprint density at radius 1 is 1.28 bits per heavy atom. The van der Waals surface area contributed by atoms with Crippen molar-refractivity contribution in [3.8, 4) is 5.75 Å². The summed E-state index contributed by atoms with van der Waals surface area (Å²) in [5, 5.41) is 2.44. The van der Waals surface area contributed by atoms with Gasteiger partial charge in [0.2, 0.25) is 10.0 Å². The van der Waals surface area contributed by atoms with E-state index in [-0.39, 0.29) is 18.0 Å². The van der Waals surface area contributed by atoms with Crippen molar-refractivity contribution in [2.45, 2.75) is 30.7 Å².